The van der Waals surface area contributed by atoms with E-state index in [2.05, 4.69) is 10.2 Å². The van der Waals surface area contributed by atoms with E-state index in [4.69, 9.17) is 9.47 Å². The van der Waals surface area contributed by atoms with Crippen LogP contribution < -0.4 is 15.0 Å². The zero-order valence-corrected chi connectivity index (χ0v) is 15.3. The molecule has 1 N–H and O–H groups in total. The van der Waals surface area contributed by atoms with Gasteiger partial charge in [-0.05, 0) is 19.1 Å². The lowest BCUT2D eigenvalue weighted by molar-refractivity contribution is -0.125. The largest absolute Gasteiger partial charge is 0.487 e. The first-order chi connectivity index (χ1) is 12.6. The lowest BCUT2D eigenvalue weighted by Gasteiger charge is -2.33. The van der Waals surface area contributed by atoms with Crippen molar-refractivity contribution < 1.29 is 19.1 Å². The fourth-order valence-electron chi connectivity index (χ4n) is 3.25. The lowest BCUT2D eigenvalue weighted by Crippen LogP contribution is -2.43. The van der Waals surface area contributed by atoms with Crippen LogP contribution in [0.5, 0.6) is 5.75 Å². The fourth-order valence-corrected chi connectivity index (χ4v) is 3.25. The second-order valence-electron chi connectivity index (χ2n) is 6.70. The maximum Gasteiger partial charge on any atom is 0.227 e. The molecule has 26 heavy (non-hydrogen) atoms. The van der Waals surface area contributed by atoms with Crippen molar-refractivity contribution in [3.05, 3.63) is 24.3 Å². The van der Waals surface area contributed by atoms with Crippen LogP contribution >= 0.6 is 0 Å². The lowest BCUT2D eigenvalue weighted by atomic mass is 10.1. The molecule has 0 aliphatic carbocycles. The van der Waals surface area contributed by atoms with Crippen molar-refractivity contribution in [3.63, 3.8) is 0 Å². The van der Waals surface area contributed by atoms with Crippen molar-refractivity contribution in [2.45, 2.75) is 25.9 Å². The Morgan fingerprint density at radius 2 is 1.96 bits per heavy atom. The van der Waals surface area contributed by atoms with Crippen molar-refractivity contribution in [2.24, 2.45) is 0 Å². The molecule has 3 rings (SSSR count). The van der Waals surface area contributed by atoms with Gasteiger partial charge in [-0.1, -0.05) is 12.1 Å². The number of morpholine rings is 1. The SMILES string of the molecule is C[C@H]1CN(C(=O)CCC(=O)NCCN2CCOCC2)c2ccccc2O1. The van der Waals surface area contributed by atoms with Gasteiger partial charge in [0.2, 0.25) is 11.8 Å². The molecule has 1 aromatic carbocycles. The number of benzene rings is 1. The van der Waals surface area contributed by atoms with Gasteiger partial charge in [0.15, 0.2) is 0 Å². The highest BCUT2D eigenvalue weighted by molar-refractivity contribution is 5.97. The topological polar surface area (TPSA) is 71.1 Å². The van der Waals surface area contributed by atoms with Gasteiger partial charge in [-0.3, -0.25) is 14.5 Å². The zero-order chi connectivity index (χ0) is 18.4. The molecular weight excluding hydrogens is 334 g/mol. The second kappa shape index (κ2) is 9.00. The number of fused-ring (bicyclic) bond motifs is 1. The number of nitrogens with one attached hydrogen (secondary N) is 1. The molecule has 1 aromatic rings. The molecule has 2 amide bonds. The maximum absolute atomic E-state index is 12.6. The quantitative estimate of drug-likeness (QED) is 0.819. The summed E-state index contributed by atoms with van der Waals surface area (Å²) in [5.74, 6) is 0.590. The predicted molar refractivity (Wildman–Crippen MR) is 98.4 cm³/mol. The predicted octanol–water partition coefficient (Wildman–Crippen LogP) is 1.03. The summed E-state index contributed by atoms with van der Waals surface area (Å²) in [6.07, 6.45) is 0.344. The van der Waals surface area contributed by atoms with Gasteiger partial charge in [0.05, 0.1) is 25.4 Å². The molecule has 0 saturated carbocycles. The Hall–Kier alpha value is -2.12. The standard InChI is InChI=1S/C19H27N3O4/c1-15-14-22(16-4-2-3-5-17(16)26-15)19(24)7-6-18(23)20-8-9-21-10-12-25-13-11-21/h2-5,15H,6-14H2,1H3,(H,20,23)/t15-/m0/s1. The van der Waals surface area contributed by atoms with Crippen LogP contribution in [0.4, 0.5) is 5.69 Å². The molecule has 0 radical (unpaired) electrons. The molecule has 142 valence electrons. The van der Waals surface area contributed by atoms with Gasteiger partial charge in [0.1, 0.15) is 11.9 Å². The van der Waals surface area contributed by atoms with E-state index in [1.165, 1.54) is 0 Å². The molecular formula is C19H27N3O4. The number of ether oxygens (including phenoxy) is 2. The number of anilines is 1. The van der Waals surface area contributed by atoms with E-state index in [1.807, 2.05) is 31.2 Å². The minimum absolute atomic E-state index is 0.0454. The van der Waals surface area contributed by atoms with Crippen molar-refractivity contribution >= 4 is 17.5 Å². The van der Waals surface area contributed by atoms with E-state index in [9.17, 15) is 9.59 Å². The van der Waals surface area contributed by atoms with Crippen LogP contribution in [0.1, 0.15) is 19.8 Å². The third kappa shape index (κ3) is 4.95. The molecule has 1 saturated heterocycles. The molecule has 1 atom stereocenters. The number of carbonyl (C=O) groups excluding carboxylic acids is 2. The molecule has 0 aromatic heterocycles. The van der Waals surface area contributed by atoms with Crippen molar-refractivity contribution in [2.75, 3.05) is 50.8 Å². The van der Waals surface area contributed by atoms with E-state index in [1.54, 1.807) is 4.90 Å². The molecule has 1 fully saturated rings. The Kier molecular flexibility index (Phi) is 6.46. The minimum Gasteiger partial charge on any atom is -0.487 e. The van der Waals surface area contributed by atoms with Crippen LogP contribution in [0.2, 0.25) is 0 Å². The fraction of sp³-hybridized carbons (Fsp3) is 0.579. The highest BCUT2D eigenvalue weighted by atomic mass is 16.5. The van der Waals surface area contributed by atoms with E-state index < -0.39 is 0 Å². The highest BCUT2D eigenvalue weighted by Gasteiger charge is 2.27. The summed E-state index contributed by atoms with van der Waals surface area (Å²) in [6, 6.07) is 7.52. The zero-order valence-electron chi connectivity index (χ0n) is 15.3. The molecule has 7 heteroatoms. The van der Waals surface area contributed by atoms with Crippen molar-refractivity contribution in [1.82, 2.24) is 10.2 Å². The molecule has 0 spiro atoms. The third-order valence-electron chi connectivity index (χ3n) is 4.64. The monoisotopic (exact) mass is 361 g/mol. The Balaban J connectivity index is 1.43. The van der Waals surface area contributed by atoms with Crippen LogP contribution in [0, 0.1) is 0 Å². The number of carbonyl (C=O) groups is 2. The third-order valence-corrected chi connectivity index (χ3v) is 4.64. The molecule has 0 unspecified atom stereocenters. The molecule has 2 heterocycles. The van der Waals surface area contributed by atoms with Gasteiger partial charge < -0.3 is 19.7 Å². The smallest absolute Gasteiger partial charge is 0.227 e. The number of nitrogens with zero attached hydrogens (tertiary/aromatic N) is 2. The van der Waals surface area contributed by atoms with Gasteiger partial charge in [0.25, 0.3) is 0 Å². The number of amides is 2. The molecule has 0 bridgehead atoms. The van der Waals surface area contributed by atoms with Crippen molar-refractivity contribution in [1.29, 1.82) is 0 Å². The summed E-state index contributed by atoms with van der Waals surface area (Å²) in [4.78, 5) is 28.6. The average molecular weight is 361 g/mol. The van der Waals surface area contributed by atoms with Crippen LogP contribution in [-0.2, 0) is 14.3 Å². The first-order valence-electron chi connectivity index (χ1n) is 9.26. The second-order valence-corrected chi connectivity index (χ2v) is 6.70. The van der Waals surface area contributed by atoms with Gasteiger partial charge in [-0.25, -0.2) is 0 Å². The Morgan fingerprint density at radius 1 is 1.19 bits per heavy atom. The summed E-state index contributed by atoms with van der Waals surface area (Å²) in [6.45, 7) is 7.18. The molecule has 2 aliphatic heterocycles. The summed E-state index contributed by atoms with van der Waals surface area (Å²) < 4.78 is 11.1. The van der Waals surface area contributed by atoms with Gasteiger partial charge in [-0.15, -0.1) is 0 Å². The normalized spacial score (nSPS) is 20.2. The first kappa shape index (κ1) is 18.7. The Labute approximate surface area is 154 Å². The van der Waals surface area contributed by atoms with E-state index >= 15 is 0 Å². The van der Waals surface area contributed by atoms with E-state index in [-0.39, 0.29) is 30.8 Å². The van der Waals surface area contributed by atoms with E-state index in [0.717, 1.165) is 44.3 Å². The molecule has 2 aliphatic rings. The first-order valence-corrected chi connectivity index (χ1v) is 9.26. The summed E-state index contributed by atoms with van der Waals surface area (Å²) in [7, 11) is 0. The highest BCUT2D eigenvalue weighted by Crippen LogP contribution is 2.33. The maximum atomic E-state index is 12.6. The molecule has 7 nitrogen and oxygen atoms in total. The summed E-state index contributed by atoms with van der Waals surface area (Å²) in [5, 5.41) is 2.90. The van der Waals surface area contributed by atoms with Gasteiger partial charge in [0, 0.05) is 39.0 Å². The van der Waals surface area contributed by atoms with Gasteiger partial charge in [-0.2, -0.15) is 0 Å². The minimum atomic E-state index is -0.0822. The van der Waals surface area contributed by atoms with Crippen LogP contribution in [0.15, 0.2) is 24.3 Å². The number of para-hydroxylation sites is 2. The van der Waals surface area contributed by atoms with Crippen LogP contribution in [0.25, 0.3) is 0 Å². The number of hydrogen-bond acceptors (Lipinski definition) is 5. The Morgan fingerprint density at radius 3 is 2.77 bits per heavy atom. The number of rotatable bonds is 6. The summed E-state index contributed by atoms with van der Waals surface area (Å²) in [5.41, 5.74) is 0.781. The Bertz CT molecular complexity index is 631. The van der Waals surface area contributed by atoms with Crippen LogP contribution in [0.3, 0.4) is 0 Å². The van der Waals surface area contributed by atoms with E-state index in [0.29, 0.717) is 13.1 Å². The summed E-state index contributed by atoms with van der Waals surface area (Å²) >= 11 is 0. The van der Waals surface area contributed by atoms with Gasteiger partial charge >= 0.3 is 0 Å². The average Bonchev–Trinajstić information content (AvgIpc) is 2.66. The number of hydrogen-bond donors (Lipinski definition) is 1. The van der Waals surface area contributed by atoms with Crippen LogP contribution in [-0.4, -0.2) is 68.8 Å². The van der Waals surface area contributed by atoms with Crippen molar-refractivity contribution in [3.8, 4) is 5.75 Å².